The number of rotatable bonds is 5. The monoisotopic (exact) mass is 220 g/mol. The summed E-state index contributed by atoms with van der Waals surface area (Å²) in [6.07, 6.45) is 1.04. The molecule has 1 unspecified atom stereocenters. The van der Waals surface area contributed by atoms with Gasteiger partial charge < -0.3 is 10.6 Å². The highest BCUT2D eigenvalue weighted by Crippen LogP contribution is 2.18. The molecule has 1 aromatic rings. The Bertz CT molecular complexity index is 320. The van der Waals surface area contributed by atoms with Crippen LogP contribution in [0.3, 0.4) is 0 Å². The lowest BCUT2D eigenvalue weighted by atomic mass is 10.0. The predicted octanol–water partition coefficient (Wildman–Crippen LogP) is 2.80. The first-order valence-corrected chi connectivity index (χ1v) is 6.04. The first-order chi connectivity index (χ1) is 7.52. The highest BCUT2D eigenvalue weighted by atomic mass is 15.1. The third-order valence-corrected chi connectivity index (χ3v) is 3.18. The standard InChI is InChI=1S/C14H24N2/c1-11(2)13(15)9-10-16(4)14-8-6-5-7-12(14)3/h5-8,11,13H,9-10,15H2,1-4H3. The maximum absolute atomic E-state index is 6.05. The first kappa shape index (κ1) is 13.0. The maximum atomic E-state index is 6.05. The number of nitrogens with two attached hydrogens (primary N) is 1. The van der Waals surface area contributed by atoms with Crippen LogP contribution in [-0.4, -0.2) is 19.6 Å². The van der Waals surface area contributed by atoms with E-state index in [0.29, 0.717) is 12.0 Å². The Morgan fingerprint density at radius 3 is 2.44 bits per heavy atom. The van der Waals surface area contributed by atoms with E-state index in [0.717, 1.165) is 13.0 Å². The molecule has 1 atom stereocenters. The summed E-state index contributed by atoms with van der Waals surface area (Å²) in [4.78, 5) is 2.29. The second-order valence-corrected chi connectivity index (χ2v) is 4.90. The summed E-state index contributed by atoms with van der Waals surface area (Å²) in [6, 6.07) is 8.77. The van der Waals surface area contributed by atoms with Gasteiger partial charge in [0.05, 0.1) is 0 Å². The van der Waals surface area contributed by atoms with E-state index in [1.165, 1.54) is 11.3 Å². The summed E-state index contributed by atoms with van der Waals surface area (Å²) < 4.78 is 0. The van der Waals surface area contributed by atoms with Gasteiger partial charge in [0.25, 0.3) is 0 Å². The zero-order valence-electron chi connectivity index (χ0n) is 10.9. The highest BCUT2D eigenvalue weighted by Gasteiger charge is 2.09. The van der Waals surface area contributed by atoms with Crippen LogP contribution in [0.25, 0.3) is 0 Å². The molecule has 1 rings (SSSR count). The molecule has 0 spiro atoms. The average molecular weight is 220 g/mol. The van der Waals surface area contributed by atoms with Crippen LogP contribution in [0.4, 0.5) is 5.69 Å². The van der Waals surface area contributed by atoms with E-state index in [1.54, 1.807) is 0 Å². The van der Waals surface area contributed by atoms with Gasteiger partial charge in [-0.25, -0.2) is 0 Å². The summed E-state index contributed by atoms with van der Waals surface area (Å²) in [6.45, 7) is 7.52. The molecule has 0 aliphatic rings. The van der Waals surface area contributed by atoms with Crippen LogP contribution in [0.5, 0.6) is 0 Å². The molecular formula is C14H24N2. The zero-order chi connectivity index (χ0) is 12.1. The summed E-state index contributed by atoms with van der Waals surface area (Å²) in [5.41, 5.74) is 8.68. The number of hydrogen-bond donors (Lipinski definition) is 1. The van der Waals surface area contributed by atoms with Gasteiger partial charge in [-0.1, -0.05) is 32.0 Å². The molecule has 2 heteroatoms. The zero-order valence-corrected chi connectivity index (χ0v) is 10.9. The average Bonchev–Trinajstić information content (AvgIpc) is 2.25. The van der Waals surface area contributed by atoms with Crippen molar-refractivity contribution >= 4 is 5.69 Å². The largest absolute Gasteiger partial charge is 0.374 e. The summed E-state index contributed by atoms with van der Waals surface area (Å²) >= 11 is 0. The topological polar surface area (TPSA) is 29.3 Å². The van der Waals surface area contributed by atoms with Crippen LogP contribution in [0, 0.1) is 12.8 Å². The number of anilines is 1. The molecule has 0 amide bonds. The Morgan fingerprint density at radius 2 is 1.88 bits per heavy atom. The van der Waals surface area contributed by atoms with Gasteiger partial charge in [-0.15, -0.1) is 0 Å². The number of hydrogen-bond acceptors (Lipinski definition) is 2. The first-order valence-electron chi connectivity index (χ1n) is 6.04. The number of benzene rings is 1. The van der Waals surface area contributed by atoms with Crippen molar-refractivity contribution in [3.63, 3.8) is 0 Å². The van der Waals surface area contributed by atoms with Gasteiger partial charge in [0.15, 0.2) is 0 Å². The molecule has 0 saturated heterocycles. The SMILES string of the molecule is Cc1ccccc1N(C)CCC(N)C(C)C. The predicted molar refractivity (Wildman–Crippen MR) is 71.9 cm³/mol. The van der Waals surface area contributed by atoms with Crippen LogP contribution < -0.4 is 10.6 Å². The maximum Gasteiger partial charge on any atom is 0.0393 e. The molecule has 0 aliphatic carbocycles. The van der Waals surface area contributed by atoms with Gasteiger partial charge in [-0.05, 0) is 30.9 Å². The van der Waals surface area contributed by atoms with Crippen LogP contribution >= 0.6 is 0 Å². The summed E-state index contributed by atoms with van der Waals surface area (Å²) in [7, 11) is 2.13. The smallest absolute Gasteiger partial charge is 0.0393 e. The minimum atomic E-state index is 0.298. The van der Waals surface area contributed by atoms with Crippen molar-refractivity contribution < 1.29 is 0 Å². The van der Waals surface area contributed by atoms with Crippen molar-refractivity contribution in [3.8, 4) is 0 Å². The third kappa shape index (κ3) is 3.53. The van der Waals surface area contributed by atoms with Crippen molar-refractivity contribution in [2.75, 3.05) is 18.5 Å². The Labute approximate surface area is 99.5 Å². The Morgan fingerprint density at radius 1 is 1.25 bits per heavy atom. The number of nitrogens with zero attached hydrogens (tertiary/aromatic N) is 1. The van der Waals surface area contributed by atoms with E-state index in [1.807, 2.05) is 0 Å². The van der Waals surface area contributed by atoms with E-state index >= 15 is 0 Å². The molecule has 0 radical (unpaired) electrons. The highest BCUT2D eigenvalue weighted by molar-refractivity contribution is 5.52. The Kier molecular flexibility index (Phi) is 4.81. The van der Waals surface area contributed by atoms with E-state index < -0.39 is 0 Å². The Balaban J connectivity index is 2.53. The fourth-order valence-corrected chi connectivity index (χ4v) is 1.79. The lowest BCUT2D eigenvalue weighted by Crippen LogP contribution is -2.32. The van der Waals surface area contributed by atoms with Gasteiger partial charge in [-0.2, -0.15) is 0 Å². The van der Waals surface area contributed by atoms with Crippen molar-refractivity contribution in [2.24, 2.45) is 11.7 Å². The van der Waals surface area contributed by atoms with Crippen molar-refractivity contribution in [1.29, 1.82) is 0 Å². The van der Waals surface area contributed by atoms with Crippen molar-refractivity contribution in [2.45, 2.75) is 33.2 Å². The molecule has 2 nitrogen and oxygen atoms in total. The molecular weight excluding hydrogens is 196 g/mol. The normalized spacial score (nSPS) is 12.9. The fourth-order valence-electron chi connectivity index (χ4n) is 1.79. The van der Waals surface area contributed by atoms with E-state index in [-0.39, 0.29) is 0 Å². The second kappa shape index (κ2) is 5.90. The van der Waals surface area contributed by atoms with Crippen LogP contribution in [0.15, 0.2) is 24.3 Å². The van der Waals surface area contributed by atoms with Crippen molar-refractivity contribution in [3.05, 3.63) is 29.8 Å². The van der Waals surface area contributed by atoms with E-state index in [2.05, 4.69) is 57.0 Å². The molecule has 0 aromatic heterocycles. The minimum absolute atomic E-state index is 0.298. The van der Waals surface area contributed by atoms with Gasteiger partial charge in [0, 0.05) is 25.3 Å². The Hall–Kier alpha value is -1.02. The third-order valence-electron chi connectivity index (χ3n) is 3.18. The lowest BCUT2D eigenvalue weighted by molar-refractivity contribution is 0.466. The van der Waals surface area contributed by atoms with Gasteiger partial charge in [0.2, 0.25) is 0 Å². The molecule has 90 valence electrons. The van der Waals surface area contributed by atoms with Crippen LogP contribution in [0.2, 0.25) is 0 Å². The van der Waals surface area contributed by atoms with Crippen molar-refractivity contribution in [1.82, 2.24) is 0 Å². The molecule has 16 heavy (non-hydrogen) atoms. The molecule has 0 heterocycles. The lowest BCUT2D eigenvalue weighted by Gasteiger charge is -2.24. The quantitative estimate of drug-likeness (QED) is 0.826. The molecule has 0 fully saturated rings. The van der Waals surface area contributed by atoms with E-state index in [9.17, 15) is 0 Å². The summed E-state index contributed by atoms with van der Waals surface area (Å²) in [5, 5.41) is 0. The number of aryl methyl sites for hydroxylation is 1. The molecule has 2 N–H and O–H groups in total. The summed E-state index contributed by atoms with van der Waals surface area (Å²) in [5.74, 6) is 0.560. The van der Waals surface area contributed by atoms with Gasteiger partial charge >= 0.3 is 0 Å². The van der Waals surface area contributed by atoms with Crippen LogP contribution in [0.1, 0.15) is 25.8 Å². The van der Waals surface area contributed by atoms with E-state index in [4.69, 9.17) is 5.73 Å². The fraction of sp³-hybridized carbons (Fsp3) is 0.571. The minimum Gasteiger partial charge on any atom is -0.374 e. The van der Waals surface area contributed by atoms with Gasteiger partial charge in [0.1, 0.15) is 0 Å². The molecule has 1 aromatic carbocycles. The second-order valence-electron chi connectivity index (χ2n) is 4.90. The number of para-hydroxylation sites is 1. The molecule has 0 bridgehead atoms. The molecule has 0 aliphatic heterocycles. The molecule has 0 saturated carbocycles. The van der Waals surface area contributed by atoms with Crippen LogP contribution in [-0.2, 0) is 0 Å². The van der Waals surface area contributed by atoms with Gasteiger partial charge in [-0.3, -0.25) is 0 Å².